The van der Waals surface area contributed by atoms with E-state index in [2.05, 4.69) is 96.8 Å². The Balaban J connectivity index is 1.19. The van der Waals surface area contributed by atoms with E-state index in [9.17, 15) is 9.59 Å². The van der Waals surface area contributed by atoms with Crippen LogP contribution in [0.4, 0.5) is 5.69 Å². The first-order chi connectivity index (χ1) is 22.3. The fraction of sp³-hybridized carbons (Fsp3) is 0.571. The molecule has 0 saturated carbocycles. The molecule has 4 aromatic rings. The van der Waals surface area contributed by atoms with Crippen LogP contribution in [0.3, 0.4) is 0 Å². The highest BCUT2D eigenvalue weighted by Crippen LogP contribution is 2.37. The molecule has 2 amide bonds. The molecule has 1 N–H and O–H groups in total. The Kier molecular flexibility index (Phi) is 9.29. The fourth-order valence-electron chi connectivity index (χ4n) is 6.95. The van der Waals surface area contributed by atoms with Gasteiger partial charge in [-0.15, -0.1) is 0 Å². The van der Waals surface area contributed by atoms with Crippen LogP contribution in [0.5, 0.6) is 0 Å². The Morgan fingerprint density at radius 1 is 1.09 bits per heavy atom. The number of carbonyl (C=O) groups is 2. The standard InChI is InChI=1S/C35H50N8O3Si/c1-24-8-11-31(25-9-10-29-26(16-25)22-42(39-29)28-12-13-40(4)35(2,3)17-28)41(21-24)34(45)33(44)38-30-20-36-18-27-19-37-43(32(27)30)23-46-14-15-47(5,6)7/h9-10,16,18-20,22,24,28,31H,8,11-15,17,21,23H2,1-7H3,(H,38,44)/t24-,28?,31+/m0/s1. The van der Waals surface area contributed by atoms with Crippen LogP contribution in [-0.4, -0.2) is 86.5 Å². The van der Waals surface area contributed by atoms with Crippen molar-refractivity contribution < 1.29 is 14.3 Å². The van der Waals surface area contributed by atoms with Crippen LogP contribution in [0, 0.1) is 5.92 Å². The normalized spacial score (nSPS) is 22.2. The number of hydrogen-bond acceptors (Lipinski definition) is 7. The molecule has 6 rings (SSSR count). The number of amides is 2. The lowest BCUT2D eigenvalue weighted by Crippen LogP contribution is -2.47. The van der Waals surface area contributed by atoms with E-state index in [0.717, 1.165) is 60.1 Å². The van der Waals surface area contributed by atoms with Crippen LogP contribution < -0.4 is 5.32 Å². The van der Waals surface area contributed by atoms with Gasteiger partial charge in [-0.1, -0.05) is 32.6 Å². The van der Waals surface area contributed by atoms with Crippen molar-refractivity contribution in [2.24, 2.45) is 5.92 Å². The number of nitrogens with one attached hydrogen (secondary N) is 1. The first-order valence-corrected chi connectivity index (χ1v) is 20.7. The van der Waals surface area contributed by atoms with Gasteiger partial charge in [-0.05, 0) is 76.2 Å². The zero-order chi connectivity index (χ0) is 33.5. The Morgan fingerprint density at radius 2 is 1.89 bits per heavy atom. The van der Waals surface area contributed by atoms with E-state index in [1.807, 2.05) is 0 Å². The minimum Gasteiger partial charge on any atom is -0.360 e. The topological polar surface area (TPSA) is 110 Å². The van der Waals surface area contributed by atoms with E-state index in [1.165, 1.54) is 0 Å². The lowest BCUT2D eigenvalue weighted by molar-refractivity contribution is -0.146. The van der Waals surface area contributed by atoms with Gasteiger partial charge in [0.05, 0.1) is 41.2 Å². The Hall–Kier alpha value is -3.61. The zero-order valence-corrected chi connectivity index (χ0v) is 30.0. The van der Waals surface area contributed by atoms with Gasteiger partial charge in [-0.3, -0.25) is 19.3 Å². The monoisotopic (exact) mass is 658 g/mol. The average Bonchev–Trinajstić information content (AvgIpc) is 3.64. The van der Waals surface area contributed by atoms with Gasteiger partial charge in [0.25, 0.3) is 0 Å². The number of pyridine rings is 1. The third kappa shape index (κ3) is 7.29. The van der Waals surface area contributed by atoms with Crippen molar-refractivity contribution in [1.29, 1.82) is 0 Å². The van der Waals surface area contributed by atoms with Crippen molar-refractivity contribution >= 4 is 47.4 Å². The van der Waals surface area contributed by atoms with E-state index in [0.29, 0.717) is 36.3 Å². The summed E-state index contributed by atoms with van der Waals surface area (Å²) in [6.07, 6.45) is 11.0. The molecule has 0 aliphatic carbocycles. The molecule has 5 heterocycles. The number of carbonyl (C=O) groups excluding carboxylic acids is 2. The molecular weight excluding hydrogens is 609 g/mol. The zero-order valence-electron chi connectivity index (χ0n) is 29.0. The van der Waals surface area contributed by atoms with Gasteiger partial charge in [-0.25, -0.2) is 4.68 Å². The molecule has 2 aliphatic rings. The number of likely N-dealkylation sites (tertiary alicyclic amines) is 2. The summed E-state index contributed by atoms with van der Waals surface area (Å²) >= 11 is 0. The highest BCUT2D eigenvalue weighted by molar-refractivity contribution is 6.76. The van der Waals surface area contributed by atoms with E-state index in [-0.39, 0.29) is 18.3 Å². The maximum atomic E-state index is 13.9. The molecule has 11 nitrogen and oxygen atoms in total. The molecule has 47 heavy (non-hydrogen) atoms. The van der Waals surface area contributed by atoms with Gasteiger partial charge in [0.1, 0.15) is 6.73 Å². The average molecular weight is 659 g/mol. The molecule has 0 spiro atoms. The second kappa shape index (κ2) is 13.1. The molecular formula is C35H50N8O3Si. The van der Waals surface area contributed by atoms with Crippen molar-refractivity contribution in [3.63, 3.8) is 0 Å². The molecule has 3 aromatic heterocycles. The van der Waals surface area contributed by atoms with Crippen molar-refractivity contribution in [1.82, 2.24) is 34.3 Å². The van der Waals surface area contributed by atoms with Crippen LogP contribution in [0.1, 0.15) is 64.1 Å². The SMILES string of the molecule is C[C@H]1CC[C@H](c2ccc3nn(C4CCN(C)C(C)(C)C4)cc3c2)N(C(=O)C(=O)Nc2cncc3cnn(COCC[Si](C)(C)C)c23)C1. The maximum absolute atomic E-state index is 13.9. The first-order valence-electron chi connectivity index (χ1n) is 17.0. The van der Waals surface area contributed by atoms with Crippen LogP contribution in [0.15, 0.2) is 43.0 Å². The van der Waals surface area contributed by atoms with Gasteiger partial charge >= 0.3 is 11.8 Å². The number of ether oxygens (including phenoxy) is 1. The molecule has 1 unspecified atom stereocenters. The van der Waals surface area contributed by atoms with Gasteiger partial charge < -0.3 is 19.9 Å². The number of fused-ring (bicyclic) bond motifs is 2. The summed E-state index contributed by atoms with van der Waals surface area (Å²) in [5, 5.41) is 14.1. The fourth-order valence-corrected chi connectivity index (χ4v) is 7.71. The second-order valence-corrected chi connectivity index (χ2v) is 21.2. The summed E-state index contributed by atoms with van der Waals surface area (Å²) in [6, 6.07) is 7.49. The highest BCUT2D eigenvalue weighted by Gasteiger charge is 2.36. The summed E-state index contributed by atoms with van der Waals surface area (Å²) in [7, 11) is 0.967. The van der Waals surface area contributed by atoms with Crippen LogP contribution in [-0.2, 0) is 21.1 Å². The summed E-state index contributed by atoms with van der Waals surface area (Å²) in [4.78, 5) is 36.0. The molecule has 2 fully saturated rings. The minimum absolute atomic E-state index is 0.120. The van der Waals surface area contributed by atoms with Crippen molar-refractivity contribution in [3.05, 3.63) is 48.5 Å². The Labute approximate surface area is 278 Å². The lowest BCUT2D eigenvalue weighted by Gasteiger charge is -2.43. The third-order valence-electron chi connectivity index (χ3n) is 10.1. The van der Waals surface area contributed by atoms with Crippen molar-refractivity contribution in [2.45, 2.75) is 96.5 Å². The number of anilines is 1. The van der Waals surface area contributed by atoms with E-state index >= 15 is 0 Å². The molecule has 0 radical (unpaired) electrons. The number of benzene rings is 1. The van der Waals surface area contributed by atoms with Gasteiger partial charge in [0, 0.05) is 56.5 Å². The first kappa shape index (κ1) is 33.3. The predicted molar refractivity (Wildman–Crippen MR) is 188 cm³/mol. The van der Waals surface area contributed by atoms with Crippen molar-refractivity contribution in [2.75, 3.05) is 32.1 Å². The highest BCUT2D eigenvalue weighted by atomic mass is 28.3. The third-order valence-corrected chi connectivity index (χ3v) is 11.8. The number of rotatable bonds is 8. The molecule has 3 atom stereocenters. The van der Waals surface area contributed by atoms with Crippen LogP contribution >= 0.6 is 0 Å². The molecule has 2 saturated heterocycles. The summed E-state index contributed by atoms with van der Waals surface area (Å²) < 4.78 is 9.79. The quantitative estimate of drug-likeness (QED) is 0.139. The number of hydrogen-bond donors (Lipinski definition) is 1. The predicted octanol–water partition coefficient (Wildman–Crippen LogP) is 6.08. The molecule has 2 aliphatic heterocycles. The van der Waals surface area contributed by atoms with E-state index in [4.69, 9.17) is 9.84 Å². The molecule has 12 heteroatoms. The Bertz CT molecular complexity index is 1760. The summed E-state index contributed by atoms with van der Waals surface area (Å²) in [6.45, 7) is 16.1. The number of piperidine rings is 2. The molecule has 1 aromatic carbocycles. The lowest BCUT2D eigenvalue weighted by atomic mass is 9.87. The van der Waals surface area contributed by atoms with E-state index in [1.54, 1.807) is 28.2 Å². The van der Waals surface area contributed by atoms with Gasteiger partial charge in [-0.2, -0.15) is 10.2 Å². The van der Waals surface area contributed by atoms with Crippen LogP contribution in [0.2, 0.25) is 25.7 Å². The van der Waals surface area contributed by atoms with E-state index < -0.39 is 19.9 Å². The van der Waals surface area contributed by atoms with Crippen molar-refractivity contribution in [3.8, 4) is 0 Å². The molecule has 252 valence electrons. The number of aromatic nitrogens is 5. The van der Waals surface area contributed by atoms with Gasteiger partial charge in [0.2, 0.25) is 0 Å². The van der Waals surface area contributed by atoms with Gasteiger partial charge in [0.15, 0.2) is 0 Å². The molecule has 0 bridgehead atoms. The largest absolute Gasteiger partial charge is 0.360 e. The second-order valence-electron chi connectivity index (χ2n) is 15.5. The minimum atomic E-state index is -1.23. The van der Waals surface area contributed by atoms with Crippen LogP contribution in [0.25, 0.3) is 21.8 Å². The smallest absolute Gasteiger partial charge is 0.314 e. The number of nitrogens with zero attached hydrogens (tertiary/aromatic N) is 7. The maximum Gasteiger partial charge on any atom is 0.314 e. The Morgan fingerprint density at radius 3 is 2.66 bits per heavy atom. The summed E-state index contributed by atoms with van der Waals surface area (Å²) in [5.41, 5.74) is 3.24. The summed E-state index contributed by atoms with van der Waals surface area (Å²) in [5.74, 6) is -0.924.